The molecule has 1 aliphatic rings. The van der Waals surface area contributed by atoms with Gasteiger partial charge in [-0.3, -0.25) is 9.69 Å². The van der Waals surface area contributed by atoms with Gasteiger partial charge < -0.3 is 10.5 Å². The summed E-state index contributed by atoms with van der Waals surface area (Å²) in [6.45, 7) is 3.78. The zero-order chi connectivity index (χ0) is 15.0. The van der Waals surface area contributed by atoms with E-state index in [-0.39, 0.29) is 11.9 Å². The number of ether oxygens (including phenoxy) is 1. The summed E-state index contributed by atoms with van der Waals surface area (Å²) in [7, 11) is 0. The number of nitrogens with two attached hydrogens (primary N) is 1. The van der Waals surface area contributed by atoms with Crippen molar-refractivity contribution in [3.8, 4) is 5.75 Å². The molecule has 4 heteroatoms. The van der Waals surface area contributed by atoms with Crippen molar-refractivity contribution in [1.29, 1.82) is 0 Å². The van der Waals surface area contributed by atoms with Crippen LogP contribution in [0.1, 0.15) is 25.5 Å². The van der Waals surface area contributed by atoms with Crippen molar-refractivity contribution in [2.75, 3.05) is 10.6 Å². The number of nitrogens with zero attached hydrogens (tertiary/aromatic N) is 1. The fraction of sp³-hybridized carbons (Fsp3) is 0.235. The van der Waals surface area contributed by atoms with Crippen LogP contribution in [0.15, 0.2) is 48.5 Å². The number of anilines is 2. The number of fused-ring (bicyclic) bond motifs is 1. The van der Waals surface area contributed by atoms with E-state index in [2.05, 4.69) is 0 Å². The molecule has 0 aromatic heterocycles. The lowest BCUT2D eigenvalue weighted by atomic mass is 10.0. The third-order valence-electron chi connectivity index (χ3n) is 3.80. The predicted molar refractivity (Wildman–Crippen MR) is 83.3 cm³/mol. The van der Waals surface area contributed by atoms with Gasteiger partial charge in [0.1, 0.15) is 5.75 Å². The van der Waals surface area contributed by atoms with Gasteiger partial charge in [-0.25, -0.2) is 0 Å². The van der Waals surface area contributed by atoms with E-state index in [1.165, 1.54) is 0 Å². The Kier molecular flexibility index (Phi) is 3.29. The number of hydrogen-bond donors (Lipinski definition) is 1. The van der Waals surface area contributed by atoms with E-state index >= 15 is 0 Å². The van der Waals surface area contributed by atoms with Gasteiger partial charge in [-0.15, -0.1) is 0 Å². The molecule has 2 N–H and O–H groups in total. The predicted octanol–water partition coefficient (Wildman–Crippen LogP) is 3.14. The van der Waals surface area contributed by atoms with E-state index in [0.29, 0.717) is 11.4 Å². The monoisotopic (exact) mass is 282 g/mol. The SMILES string of the molecule is CC1Oc2cc(N)ccc2N([C@@H](C)c2ccccc2)C1=O. The van der Waals surface area contributed by atoms with Crippen LogP contribution in [0.4, 0.5) is 11.4 Å². The van der Waals surface area contributed by atoms with Crippen LogP contribution in [0.5, 0.6) is 5.75 Å². The first-order chi connectivity index (χ1) is 10.1. The van der Waals surface area contributed by atoms with Crippen LogP contribution in [0.3, 0.4) is 0 Å². The lowest BCUT2D eigenvalue weighted by Crippen LogP contribution is -2.45. The molecule has 0 saturated heterocycles. The molecule has 4 nitrogen and oxygen atoms in total. The minimum atomic E-state index is -0.509. The molecule has 1 aliphatic heterocycles. The second-order valence-corrected chi connectivity index (χ2v) is 5.28. The van der Waals surface area contributed by atoms with Gasteiger partial charge in [-0.1, -0.05) is 30.3 Å². The maximum Gasteiger partial charge on any atom is 0.268 e. The van der Waals surface area contributed by atoms with Crippen LogP contribution in [0.25, 0.3) is 0 Å². The van der Waals surface area contributed by atoms with Crippen LogP contribution in [0.2, 0.25) is 0 Å². The Morgan fingerprint density at radius 1 is 1.19 bits per heavy atom. The van der Waals surface area contributed by atoms with Crippen molar-refractivity contribution in [2.45, 2.75) is 26.0 Å². The highest BCUT2D eigenvalue weighted by Gasteiger charge is 2.34. The van der Waals surface area contributed by atoms with Gasteiger partial charge in [0, 0.05) is 11.8 Å². The summed E-state index contributed by atoms with van der Waals surface area (Å²) in [5.41, 5.74) is 8.29. The number of carbonyl (C=O) groups is 1. The minimum absolute atomic E-state index is 0.0383. The smallest absolute Gasteiger partial charge is 0.268 e. The Morgan fingerprint density at radius 3 is 2.62 bits per heavy atom. The van der Waals surface area contributed by atoms with E-state index in [1.807, 2.05) is 43.3 Å². The third kappa shape index (κ3) is 2.33. The first-order valence-electron chi connectivity index (χ1n) is 7.02. The second-order valence-electron chi connectivity index (χ2n) is 5.28. The summed E-state index contributed by atoms with van der Waals surface area (Å²) < 4.78 is 5.67. The summed E-state index contributed by atoms with van der Waals surface area (Å²) >= 11 is 0. The average Bonchev–Trinajstić information content (AvgIpc) is 2.49. The molecule has 2 aromatic carbocycles. The van der Waals surface area contributed by atoms with Crippen LogP contribution in [0, 0.1) is 0 Å². The third-order valence-corrected chi connectivity index (χ3v) is 3.80. The maximum absolute atomic E-state index is 12.6. The zero-order valence-corrected chi connectivity index (χ0v) is 12.1. The number of carbonyl (C=O) groups excluding carboxylic acids is 1. The molecule has 0 fully saturated rings. The van der Waals surface area contributed by atoms with E-state index in [9.17, 15) is 4.79 Å². The highest BCUT2D eigenvalue weighted by Crippen LogP contribution is 2.40. The molecule has 2 aromatic rings. The lowest BCUT2D eigenvalue weighted by Gasteiger charge is -2.37. The fourth-order valence-corrected chi connectivity index (χ4v) is 2.66. The number of amides is 1. The Hall–Kier alpha value is -2.49. The summed E-state index contributed by atoms with van der Waals surface area (Å²) in [6, 6.07) is 15.3. The van der Waals surface area contributed by atoms with Crippen molar-refractivity contribution in [2.24, 2.45) is 0 Å². The largest absolute Gasteiger partial charge is 0.479 e. The first kappa shape index (κ1) is 13.5. The molecule has 1 unspecified atom stereocenters. The standard InChI is InChI=1S/C17H18N2O2/c1-11(13-6-4-3-5-7-13)19-15-9-8-14(18)10-16(15)21-12(2)17(19)20/h3-12H,18H2,1-2H3/t11-,12?/m0/s1. The molecule has 0 bridgehead atoms. The minimum Gasteiger partial charge on any atom is -0.479 e. The van der Waals surface area contributed by atoms with Gasteiger partial charge in [-0.05, 0) is 31.5 Å². The van der Waals surface area contributed by atoms with E-state index in [4.69, 9.17) is 10.5 Å². The van der Waals surface area contributed by atoms with Crippen LogP contribution in [-0.2, 0) is 4.79 Å². The lowest BCUT2D eigenvalue weighted by molar-refractivity contribution is -0.126. The van der Waals surface area contributed by atoms with Gasteiger partial charge in [0.05, 0.1) is 11.7 Å². The molecular weight excluding hydrogens is 264 g/mol. The molecule has 0 spiro atoms. The maximum atomic E-state index is 12.6. The average molecular weight is 282 g/mol. The molecule has 21 heavy (non-hydrogen) atoms. The summed E-state index contributed by atoms with van der Waals surface area (Å²) in [5, 5.41) is 0. The fourth-order valence-electron chi connectivity index (χ4n) is 2.66. The molecule has 108 valence electrons. The Balaban J connectivity index is 2.07. The van der Waals surface area contributed by atoms with Crippen molar-refractivity contribution < 1.29 is 9.53 Å². The number of hydrogen-bond acceptors (Lipinski definition) is 3. The second kappa shape index (κ2) is 5.13. The van der Waals surface area contributed by atoms with Crippen molar-refractivity contribution >= 4 is 17.3 Å². The van der Waals surface area contributed by atoms with Gasteiger partial charge >= 0.3 is 0 Å². The van der Waals surface area contributed by atoms with Gasteiger partial charge in [0.15, 0.2) is 6.10 Å². The van der Waals surface area contributed by atoms with Crippen molar-refractivity contribution in [1.82, 2.24) is 0 Å². The number of nitrogen functional groups attached to an aromatic ring is 1. The zero-order valence-electron chi connectivity index (χ0n) is 12.1. The Bertz CT molecular complexity index is 670. The molecule has 0 radical (unpaired) electrons. The van der Waals surface area contributed by atoms with E-state index in [1.54, 1.807) is 24.0 Å². The number of benzene rings is 2. The summed E-state index contributed by atoms with van der Waals surface area (Å²) in [4.78, 5) is 14.3. The molecule has 0 aliphatic carbocycles. The molecule has 1 amide bonds. The number of rotatable bonds is 2. The molecule has 1 heterocycles. The summed E-state index contributed by atoms with van der Waals surface area (Å²) in [6.07, 6.45) is -0.509. The highest BCUT2D eigenvalue weighted by atomic mass is 16.5. The Morgan fingerprint density at radius 2 is 1.90 bits per heavy atom. The van der Waals surface area contributed by atoms with Crippen LogP contribution in [-0.4, -0.2) is 12.0 Å². The van der Waals surface area contributed by atoms with Gasteiger partial charge in [0.25, 0.3) is 5.91 Å². The van der Waals surface area contributed by atoms with Gasteiger partial charge in [-0.2, -0.15) is 0 Å². The topological polar surface area (TPSA) is 55.6 Å². The van der Waals surface area contributed by atoms with E-state index < -0.39 is 6.10 Å². The normalized spacial score (nSPS) is 18.9. The van der Waals surface area contributed by atoms with Crippen molar-refractivity contribution in [3.05, 3.63) is 54.1 Å². The molecule has 2 atom stereocenters. The van der Waals surface area contributed by atoms with Crippen LogP contribution >= 0.6 is 0 Å². The van der Waals surface area contributed by atoms with Crippen LogP contribution < -0.4 is 15.4 Å². The van der Waals surface area contributed by atoms with E-state index in [0.717, 1.165) is 11.3 Å². The first-order valence-corrected chi connectivity index (χ1v) is 7.02. The van der Waals surface area contributed by atoms with Crippen molar-refractivity contribution in [3.63, 3.8) is 0 Å². The summed E-state index contributed by atoms with van der Waals surface area (Å²) in [5.74, 6) is 0.619. The highest BCUT2D eigenvalue weighted by molar-refractivity contribution is 6.00. The quantitative estimate of drug-likeness (QED) is 0.861. The molecule has 0 saturated carbocycles. The molecule has 3 rings (SSSR count). The molecular formula is C17H18N2O2. The van der Waals surface area contributed by atoms with Gasteiger partial charge in [0.2, 0.25) is 0 Å². The Labute approximate surface area is 124 Å².